The third kappa shape index (κ3) is 7.10. The van der Waals surface area contributed by atoms with E-state index in [1.807, 2.05) is 24.3 Å². The van der Waals surface area contributed by atoms with Crippen molar-refractivity contribution in [1.82, 2.24) is 0 Å². The third-order valence-electron chi connectivity index (χ3n) is 5.94. The predicted molar refractivity (Wildman–Crippen MR) is 129 cm³/mol. The van der Waals surface area contributed by atoms with Gasteiger partial charge in [-0.3, -0.25) is 0 Å². The maximum atomic E-state index is 5.81. The summed E-state index contributed by atoms with van der Waals surface area (Å²) in [5.41, 5.74) is 4.95. The molecule has 0 heterocycles. The van der Waals surface area contributed by atoms with Gasteiger partial charge in [0.1, 0.15) is 5.75 Å². The topological polar surface area (TPSA) is 9.23 Å². The van der Waals surface area contributed by atoms with Crippen molar-refractivity contribution in [2.75, 3.05) is 6.61 Å². The van der Waals surface area contributed by atoms with Crippen molar-refractivity contribution in [3.63, 3.8) is 0 Å². The van der Waals surface area contributed by atoms with Crippen LogP contribution in [0.4, 0.5) is 0 Å². The zero-order chi connectivity index (χ0) is 21.0. The lowest BCUT2D eigenvalue weighted by Crippen LogP contribution is -2.04. The van der Waals surface area contributed by atoms with Crippen LogP contribution in [0, 0.1) is 17.8 Å². The fourth-order valence-corrected chi connectivity index (χ4v) is 4.09. The quantitative estimate of drug-likeness (QED) is 0.306. The van der Waals surface area contributed by atoms with Gasteiger partial charge in [-0.15, -0.1) is 0 Å². The molecule has 1 aliphatic rings. The zero-order valence-electron chi connectivity index (χ0n) is 18.8. The minimum absolute atomic E-state index is 0.799. The Balaban J connectivity index is 1.51. The van der Waals surface area contributed by atoms with Crippen molar-refractivity contribution in [2.45, 2.75) is 71.6 Å². The van der Waals surface area contributed by atoms with E-state index in [2.05, 4.69) is 56.0 Å². The first-order valence-electron chi connectivity index (χ1n) is 11.8. The van der Waals surface area contributed by atoms with Gasteiger partial charge in [-0.1, -0.05) is 76.0 Å². The highest BCUT2D eigenvalue weighted by atomic mass is 16.5. The first kappa shape index (κ1) is 22.2. The van der Waals surface area contributed by atoms with E-state index in [1.54, 1.807) is 0 Å². The first-order valence-corrected chi connectivity index (χ1v) is 11.8. The van der Waals surface area contributed by atoms with Crippen LogP contribution in [0.15, 0.2) is 54.6 Å². The number of allylic oxidation sites excluding steroid dienone is 2. The molecule has 30 heavy (non-hydrogen) atoms. The molecule has 2 aromatic rings. The summed E-state index contributed by atoms with van der Waals surface area (Å²) in [6.45, 7) is 5.31. The SMILES string of the molecule is CCCCCCOc1ccc(C#Cc2ccc(C3=CCC(CCC)CC3)cc2)cc1. The largest absolute Gasteiger partial charge is 0.494 e. The second-order valence-electron chi connectivity index (χ2n) is 8.42. The highest BCUT2D eigenvalue weighted by molar-refractivity contribution is 5.67. The zero-order valence-corrected chi connectivity index (χ0v) is 18.8. The maximum absolute atomic E-state index is 5.81. The van der Waals surface area contributed by atoms with E-state index in [9.17, 15) is 0 Å². The second-order valence-corrected chi connectivity index (χ2v) is 8.42. The van der Waals surface area contributed by atoms with Gasteiger partial charge in [-0.05, 0) is 79.1 Å². The fourth-order valence-electron chi connectivity index (χ4n) is 4.09. The van der Waals surface area contributed by atoms with Crippen LogP contribution in [0.3, 0.4) is 0 Å². The summed E-state index contributed by atoms with van der Waals surface area (Å²) in [5.74, 6) is 8.39. The van der Waals surface area contributed by atoms with Gasteiger partial charge in [0.05, 0.1) is 6.61 Å². The molecule has 0 N–H and O–H groups in total. The van der Waals surface area contributed by atoms with Crippen LogP contribution in [0.1, 0.15) is 88.3 Å². The van der Waals surface area contributed by atoms with E-state index in [0.29, 0.717) is 0 Å². The van der Waals surface area contributed by atoms with Crippen molar-refractivity contribution in [3.05, 3.63) is 71.3 Å². The molecular weight excluding hydrogens is 364 g/mol. The number of hydrogen-bond acceptors (Lipinski definition) is 1. The summed E-state index contributed by atoms with van der Waals surface area (Å²) in [7, 11) is 0. The van der Waals surface area contributed by atoms with Gasteiger partial charge in [0.15, 0.2) is 0 Å². The van der Waals surface area contributed by atoms with E-state index in [-0.39, 0.29) is 0 Å². The lowest BCUT2D eigenvalue weighted by Gasteiger charge is -2.21. The Morgan fingerprint density at radius 3 is 2.13 bits per heavy atom. The van der Waals surface area contributed by atoms with Crippen LogP contribution in [0.5, 0.6) is 5.75 Å². The summed E-state index contributed by atoms with van der Waals surface area (Å²) in [5, 5.41) is 0. The molecule has 0 spiro atoms. The molecule has 0 radical (unpaired) electrons. The van der Waals surface area contributed by atoms with Crippen LogP contribution in [0.2, 0.25) is 0 Å². The van der Waals surface area contributed by atoms with Crippen LogP contribution in [0.25, 0.3) is 5.57 Å². The molecule has 1 aliphatic carbocycles. The number of ether oxygens (including phenoxy) is 1. The number of rotatable bonds is 9. The average molecular weight is 401 g/mol. The summed E-state index contributed by atoms with van der Waals surface area (Å²) in [4.78, 5) is 0. The standard InChI is InChI=1S/C29H36O/c1-3-5-6-7-23-30-29-21-15-26(16-22-29)10-9-25-13-19-28(20-14-25)27-17-11-24(8-4-2)12-18-27/h13-17,19-22,24H,3-8,11-12,18,23H2,1-2H3. The molecule has 3 rings (SSSR count). The molecular formula is C29H36O. The lowest BCUT2D eigenvalue weighted by molar-refractivity contribution is 0.305. The Morgan fingerprint density at radius 1 is 0.833 bits per heavy atom. The van der Waals surface area contributed by atoms with Crippen molar-refractivity contribution in [1.29, 1.82) is 0 Å². The molecule has 0 aromatic heterocycles. The molecule has 0 saturated carbocycles. The summed E-state index contributed by atoms with van der Waals surface area (Å²) in [6.07, 6.45) is 13.8. The van der Waals surface area contributed by atoms with Gasteiger partial charge in [0, 0.05) is 11.1 Å². The minimum Gasteiger partial charge on any atom is -0.494 e. The van der Waals surface area contributed by atoms with Gasteiger partial charge in [-0.25, -0.2) is 0 Å². The average Bonchev–Trinajstić information content (AvgIpc) is 2.79. The van der Waals surface area contributed by atoms with Crippen LogP contribution in [-0.2, 0) is 0 Å². The Labute approximate surface area is 183 Å². The molecule has 0 amide bonds. The van der Waals surface area contributed by atoms with Crippen LogP contribution >= 0.6 is 0 Å². The number of unbranched alkanes of at least 4 members (excludes halogenated alkanes) is 3. The molecule has 0 fully saturated rings. The Hall–Kier alpha value is -2.46. The summed E-state index contributed by atoms with van der Waals surface area (Å²) < 4.78 is 5.81. The maximum Gasteiger partial charge on any atom is 0.119 e. The molecule has 0 saturated heterocycles. The van der Waals surface area contributed by atoms with Gasteiger partial charge < -0.3 is 4.74 Å². The molecule has 1 atom stereocenters. The van der Waals surface area contributed by atoms with Gasteiger partial charge >= 0.3 is 0 Å². The molecule has 2 aromatic carbocycles. The molecule has 0 bridgehead atoms. The van der Waals surface area contributed by atoms with Gasteiger partial charge in [0.2, 0.25) is 0 Å². The fraction of sp³-hybridized carbons (Fsp3) is 0.448. The van der Waals surface area contributed by atoms with Gasteiger partial charge in [-0.2, -0.15) is 0 Å². The summed E-state index contributed by atoms with van der Waals surface area (Å²) in [6, 6.07) is 16.9. The predicted octanol–water partition coefficient (Wildman–Crippen LogP) is 8.03. The number of hydrogen-bond donors (Lipinski definition) is 0. The van der Waals surface area contributed by atoms with Crippen molar-refractivity contribution >= 4 is 5.57 Å². The third-order valence-corrected chi connectivity index (χ3v) is 5.94. The Kier molecular flexibility index (Phi) is 9.10. The lowest BCUT2D eigenvalue weighted by atomic mass is 9.84. The monoisotopic (exact) mass is 400 g/mol. The van der Waals surface area contributed by atoms with Crippen molar-refractivity contribution < 1.29 is 4.74 Å². The van der Waals surface area contributed by atoms with Crippen LogP contribution < -0.4 is 4.74 Å². The van der Waals surface area contributed by atoms with Gasteiger partial charge in [0.25, 0.3) is 0 Å². The molecule has 1 nitrogen and oxygen atoms in total. The highest BCUT2D eigenvalue weighted by Gasteiger charge is 2.14. The highest BCUT2D eigenvalue weighted by Crippen LogP contribution is 2.32. The molecule has 158 valence electrons. The van der Waals surface area contributed by atoms with E-state index in [1.165, 1.54) is 62.5 Å². The number of benzene rings is 2. The van der Waals surface area contributed by atoms with E-state index in [4.69, 9.17) is 4.74 Å². The molecule has 1 heteroatoms. The molecule has 0 aliphatic heterocycles. The molecule has 1 unspecified atom stereocenters. The first-order chi connectivity index (χ1) is 14.8. The van der Waals surface area contributed by atoms with Crippen molar-refractivity contribution in [2.24, 2.45) is 5.92 Å². The second kappa shape index (κ2) is 12.3. The smallest absolute Gasteiger partial charge is 0.119 e. The van der Waals surface area contributed by atoms with E-state index in [0.717, 1.165) is 35.8 Å². The van der Waals surface area contributed by atoms with E-state index >= 15 is 0 Å². The minimum atomic E-state index is 0.799. The normalized spacial score (nSPS) is 15.8. The van der Waals surface area contributed by atoms with Crippen molar-refractivity contribution in [3.8, 4) is 17.6 Å². The van der Waals surface area contributed by atoms with Crippen LogP contribution in [-0.4, -0.2) is 6.61 Å². The summed E-state index contributed by atoms with van der Waals surface area (Å²) >= 11 is 0. The Bertz CT molecular complexity index is 846. The van der Waals surface area contributed by atoms with E-state index < -0.39 is 0 Å². The Morgan fingerprint density at radius 2 is 1.53 bits per heavy atom.